The molecule has 1 saturated heterocycles. The lowest BCUT2D eigenvalue weighted by atomic mass is 9.87. The van der Waals surface area contributed by atoms with Gasteiger partial charge in [-0.2, -0.15) is 0 Å². The van der Waals surface area contributed by atoms with Gasteiger partial charge in [-0.1, -0.05) is 19.3 Å². The van der Waals surface area contributed by atoms with Crippen molar-refractivity contribution in [3.8, 4) is 0 Å². The molecule has 2 aromatic heterocycles. The number of aromatic nitrogens is 2. The first-order valence-electron chi connectivity index (χ1n) is 10.1. The zero-order valence-corrected chi connectivity index (χ0v) is 17.8. The third-order valence-electron chi connectivity index (χ3n) is 5.71. The topological polar surface area (TPSA) is 75.2 Å². The molecule has 2 fully saturated rings. The Morgan fingerprint density at radius 1 is 1.14 bits per heavy atom. The molecule has 28 heavy (non-hydrogen) atoms. The van der Waals surface area contributed by atoms with Crippen LogP contribution in [0.2, 0.25) is 0 Å². The van der Waals surface area contributed by atoms with E-state index in [2.05, 4.69) is 20.2 Å². The van der Waals surface area contributed by atoms with E-state index in [9.17, 15) is 9.59 Å². The number of hydrogen-bond acceptors (Lipinski definition) is 6. The summed E-state index contributed by atoms with van der Waals surface area (Å²) in [6, 6.07) is 0. The van der Waals surface area contributed by atoms with Gasteiger partial charge in [0.1, 0.15) is 5.69 Å². The molecule has 1 saturated carbocycles. The van der Waals surface area contributed by atoms with Crippen LogP contribution in [0.5, 0.6) is 0 Å². The minimum absolute atomic E-state index is 0.207. The number of thiazole rings is 2. The van der Waals surface area contributed by atoms with Crippen molar-refractivity contribution in [3.63, 3.8) is 0 Å². The first-order valence-corrected chi connectivity index (χ1v) is 11.8. The number of anilines is 1. The van der Waals surface area contributed by atoms with Crippen LogP contribution in [-0.4, -0.2) is 39.8 Å². The normalized spacial score (nSPS) is 19.0. The number of nitrogens with zero attached hydrogens (tertiary/aromatic N) is 3. The highest BCUT2D eigenvalue weighted by atomic mass is 32.1. The molecule has 0 unspecified atom stereocenters. The molecule has 3 heterocycles. The zero-order chi connectivity index (χ0) is 19.5. The first kappa shape index (κ1) is 19.5. The summed E-state index contributed by atoms with van der Waals surface area (Å²) in [4.78, 5) is 37.0. The number of likely N-dealkylation sites (tertiary alicyclic amines) is 1. The van der Waals surface area contributed by atoms with Gasteiger partial charge in [-0.05, 0) is 32.6 Å². The molecule has 4 rings (SSSR count). The van der Waals surface area contributed by atoms with E-state index >= 15 is 0 Å². The van der Waals surface area contributed by atoms with Gasteiger partial charge in [0.15, 0.2) is 5.13 Å². The number of hydrogen-bond donors (Lipinski definition) is 1. The Kier molecular flexibility index (Phi) is 6.06. The average molecular weight is 419 g/mol. The highest BCUT2D eigenvalue weighted by molar-refractivity contribution is 7.15. The molecule has 1 aliphatic heterocycles. The molecule has 2 aromatic rings. The largest absolute Gasteiger partial charge is 0.342 e. The van der Waals surface area contributed by atoms with Crippen LogP contribution in [0.3, 0.4) is 0 Å². The van der Waals surface area contributed by atoms with E-state index in [0.29, 0.717) is 22.7 Å². The Labute approximate surface area is 173 Å². The molecule has 0 spiro atoms. The maximum absolute atomic E-state index is 12.7. The van der Waals surface area contributed by atoms with Crippen LogP contribution in [-0.2, 0) is 4.79 Å². The summed E-state index contributed by atoms with van der Waals surface area (Å²) in [7, 11) is 0. The molecule has 8 heteroatoms. The molecule has 0 radical (unpaired) electrons. The summed E-state index contributed by atoms with van der Waals surface area (Å²) >= 11 is 3.00. The van der Waals surface area contributed by atoms with Crippen molar-refractivity contribution in [1.29, 1.82) is 0 Å². The lowest BCUT2D eigenvalue weighted by Crippen LogP contribution is -2.41. The Balaban J connectivity index is 1.31. The van der Waals surface area contributed by atoms with Crippen molar-refractivity contribution < 1.29 is 9.59 Å². The fraction of sp³-hybridized carbons (Fsp3) is 0.600. The number of rotatable bonds is 4. The van der Waals surface area contributed by atoms with Crippen LogP contribution in [0, 0.1) is 12.8 Å². The second kappa shape index (κ2) is 8.69. The summed E-state index contributed by atoms with van der Waals surface area (Å²) in [6.45, 7) is 3.57. The van der Waals surface area contributed by atoms with E-state index in [-0.39, 0.29) is 11.8 Å². The van der Waals surface area contributed by atoms with Gasteiger partial charge >= 0.3 is 0 Å². The summed E-state index contributed by atoms with van der Waals surface area (Å²) in [5, 5.41) is 6.25. The summed E-state index contributed by atoms with van der Waals surface area (Å²) in [5.41, 5.74) is 0.452. The van der Waals surface area contributed by atoms with Crippen molar-refractivity contribution >= 4 is 39.6 Å². The third kappa shape index (κ3) is 4.43. The van der Waals surface area contributed by atoms with Gasteiger partial charge in [-0.25, -0.2) is 9.97 Å². The van der Waals surface area contributed by atoms with Gasteiger partial charge in [-0.3, -0.25) is 14.9 Å². The minimum atomic E-state index is -0.207. The molecule has 6 nitrogen and oxygen atoms in total. The number of aryl methyl sites for hydroxylation is 1. The maximum Gasteiger partial charge on any atom is 0.276 e. The Hall–Kier alpha value is -1.80. The van der Waals surface area contributed by atoms with E-state index in [1.54, 1.807) is 17.5 Å². The van der Waals surface area contributed by atoms with Gasteiger partial charge < -0.3 is 4.90 Å². The van der Waals surface area contributed by atoms with Crippen molar-refractivity contribution in [2.24, 2.45) is 5.92 Å². The number of piperidine rings is 1. The minimum Gasteiger partial charge on any atom is -0.342 e. The molecular weight excluding hydrogens is 392 g/mol. The third-order valence-corrected chi connectivity index (χ3v) is 7.54. The number of carbonyl (C=O) groups is 2. The molecule has 1 N–H and O–H groups in total. The van der Waals surface area contributed by atoms with Crippen LogP contribution in [0.1, 0.15) is 71.2 Å². The molecular formula is C20H26N4O2S2. The quantitative estimate of drug-likeness (QED) is 0.796. The maximum atomic E-state index is 12.7. The van der Waals surface area contributed by atoms with E-state index in [0.717, 1.165) is 48.7 Å². The van der Waals surface area contributed by atoms with E-state index in [1.165, 1.54) is 30.6 Å². The van der Waals surface area contributed by atoms with Gasteiger partial charge in [0.2, 0.25) is 5.91 Å². The van der Waals surface area contributed by atoms with E-state index in [4.69, 9.17) is 0 Å². The van der Waals surface area contributed by atoms with Crippen molar-refractivity contribution in [3.05, 3.63) is 27.2 Å². The van der Waals surface area contributed by atoms with Crippen molar-refractivity contribution in [2.45, 2.75) is 57.8 Å². The molecule has 0 atom stereocenters. The highest BCUT2D eigenvalue weighted by Gasteiger charge is 2.30. The van der Waals surface area contributed by atoms with E-state index in [1.807, 2.05) is 12.3 Å². The first-order chi connectivity index (χ1) is 13.6. The fourth-order valence-corrected chi connectivity index (χ4v) is 5.74. The number of amides is 2. The van der Waals surface area contributed by atoms with Gasteiger partial charge in [-0.15, -0.1) is 22.7 Å². The van der Waals surface area contributed by atoms with Gasteiger partial charge in [0, 0.05) is 41.4 Å². The fourth-order valence-electron chi connectivity index (χ4n) is 4.11. The van der Waals surface area contributed by atoms with Crippen molar-refractivity contribution in [2.75, 3.05) is 18.4 Å². The molecule has 2 aliphatic rings. The van der Waals surface area contributed by atoms with Crippen LogP contribution < -0.4 is 5.32 Å². The molecule has 150 valence electrons. The summed E-state index contributed by atoms with van der Waals surface area (Å²) in [6.07, 6.45) is 9.37. The number of nitrogens with one attached hydrogen (secondary N) is 1. The van der Waals surface area contributed by atoms with Crippen LogP contribution in [0.25, 0.3) is 0 Å². The smallest absolute Gasteiger partial charge is 0.276 e. The second-order valence-electron chi connectivity index (χ2n) is 7.74. The Morgan fingerprint density at radius 2 is 1.89 bits per heavy atom. The highest BCUT2D eigenvalue weighted by Crippen LogP contribution is 2.33. The average Bonchev–Trinajstić information content (AvgIpc) is 3.38. The van der Waals surface area contributed by atoms with Crippen LogP contribution >= 0.6 is 22.7 Å². The second-order valence-corrected chi connectivity index (χ2v) is 9.86. The van der Waals surface area contributed by atoms with Crippen LogP contribution in [0.4, 0.5) is 5.13 Å². The summed E-state index contributed by atoms with van der Waals surface area (Å²) < 4.78 is 0. The Bertz CT molecular complexity index is 833. The zero-order valence-electron chi connectivity index (χ0n) is 16.1. The molecule has 0 aromatic carbocycles. The predicted molar refractivity (Wildman–Crippen MR) is 112 cm³/mol. The molecule has 1 aliphatic carbocycles. The monoisotopic (exact) mass is 418 g/mol. The van der Waals surface area contributed by atoms with Crippen LogP contribution in [0.15, 0.2) is 11.6 Å². The van der Waals surface area contributed by atoms with Crippen molar-refractivity contribution in [1.82, 2.24) is 14.9 Å². The van der Waals surface area contributed by atoms with Gasteiger partial charge in [0.25, 0.3) is 5.91 Å². The molecule has 0 bridgehead atoms. The molecule has 2 amide bonds. The lowest BCUT2D eigenvalue weighted by molar-refractivity contribution is -0.137. The standard InChI is InChI=1S/C20H26N4O2S2/c1-13-11-21-20(28-13)23-17(25)16-12-27-18(22-16)14-7-9-24(10-8-14)19(26)15-5-3-2-4-6-15/h11-12,14-15H,2-10H2,1H3,(H,21,23,25). The Morgan fingerprint density at radius 3 is 2.57 bits per heavy atom. The lowest BCUT2D eigenvalue weighted by Gasteiger charge is -2.34. The number of carbonyl (C=O) groups excluding carboxylic acids is 2. The SMILES string of the molecule is Cc1cnc(NC(=O)c2csc(C3CCN(C(=O)C4CCCCC4)CC3)n2)s1. The summed E-state index contributed by atoms with van der Waals surface area (Å²) in [5.74, 6) is 0.733. The van der Waals surface area contributed by atoms with Gasteiger partial charge in [0.05, 0.1) is 5.01 Å². The predicted octanol–water partition coefficient (Wildman–Crippen LogP) is 4.45. The van der Waals surface area contributed by atoms with E-state index < -0.39 is 0 Å².